The van der Waals surface area contributed by atoms with Gasteiger partial charge < -0.3 is 20.9 Å². The molecule has 0 spiro atoms. The minimum Gasteiger partial charge on any atom is -0.385 e. The standard InChI is InChI=1S/C23H23N9O3/c1-24-16-12-18(27-14-6-5-10-31(23(14)35)19-7-3-4-9-25-19)29-32-17(13-26-20(16)32)21(33)28-15-8-11-30(2)22(15)34/h3-7,9-10,12-13,15,24H,8,11H2,1-2H3,(H,27,29)(H,28,33)/t15-/m0/s1. The zero-order valence-corrected chi connectivity index (χ0v) is 19.1. The molecule has 0 aromatic carbocycles. The molecule has 0 bridgehead atoms. The van der Waals surface area contributed by atoms with Gasteiger partial charge in [-0.05, 0) is 30.7 Å². The topological polar surface area (TPSA) is 139 Å². The van der Waals surface area contributed by atoms with Crippen molar-refractivity contribution >= 4 is 34.7 Å². The Labute approximate surface area is 199 Å². The number of hydrogen-bond acceptors (Lipinski definition) is 8. The fraction of sp³-hybridized carbons (Fsp3) is 0.217. The maximum absolute atomic E-state index is 13.1. The fourth-order valence-electron chi connectivity index (χ4n) is 3.96. The molecule has 1 saturated heterocycles. The van der Waals surface area contributed by atoms with Gasteiger partial charge >= 0.3 is 0 Å². The second-order valence-corrected chi connectivity index (χ2v) is 8.06. The van der Waals surface area contributed by atoms with E-state index in [9.17, 15) is 14.4 Å². The van der Waals surface area contributed by atoms with Gasteiger partial charge in [-0.3, -0.25) is 19.0 Å². The normalized spacial score (nSPS) is 15.4. The Morgan fingerprint density at radius 3 is 2.69 bits per heavy atom. The molecule has 12 nitrogen and oxygen atoms in total. The Morgan fingerprint density at radius 2 is 1.97 bits per heavy atom. The molecule has 5 rings (SSSR count). The number of nitrogens with one attached hydrogen (secondary N) is 3. The number of rotatable bonds is 6. The summed E-state index contributed by atoms with van der Waals surface area (Å²) in [6.07, 6.45) is 5.18. The number of carbonyl (C=O) groups is 2. The van der Waals surface area contributed by atoms with E-state index >= 15 is 0 Å². The molecule has 178 valence electrons. The largest absolute Gasteiger partial charge is 0.385 e. The van der Waals surface area contributed by atoms with Crippen LogP contribution in [0.3, 0.4) is 0 Å². The number of likely N-dealkylation sites (N-methyl/N-ethyl adjacent to an activating group) is 1. The second kappa shape index (κ2) is 8.89. The average molecular weight is 473 g/mol. The lowest BCUT2D eigenvalue weighted by molar-refractivity contribution is -0.128. The predicted octanol–water partition coefficient (Wildman–Crippen LogP) is 1.02. The molecule has 0 aliphatic carbocycles. The highest BCUT2D eigenvalue weighted by Gasteiger charge is 2.31. The minimum absolute atomic E-state index is 0.133. The molecule has 0 saturated carbocycles. The Bertz CT molecular complexity index is 1480. The van der Waals surface area contributed by atoms with E-state index in [0.717, 1.165) is 0 Å². The molecule has 0 unspecified atom stereocenters. The molecule has 4 aromatic rings. The highest BCUT2D eigenvalue weighted by Crippen LogP contribution is 2.22. The molecule has 0 radical (unpaired) electrons. The number of amides is 2. The first kappa shape index (κ1) is 22.1. The summed E-state index contributed by atoms with van der Waals surface area (Å²) in [7, 11) is 3.42. The van der Waals surface area contributed by atoms with E-state index in [-0.39, 0.29) is 22.8 Å². The van der Waals surface area contributed by atoms with Gasteiger partial charge in [0.25, 0.3) is 11.5 Å². The lowest BCUT2D eigenvalue weighted by atomic mass is 10.2. The van der Waals surface area contributed by atoms with Crippen molar-refractivity contribution in [3.63, 3.8) is 0 Å². The molecule has 1 aliphatic heterocycles. The Balaban J connectivity index is 1.49. The van der Waals surface area contributed by atoms with E-state index < -0.39 is 11.9 Å². The number of fused-ring (bicyclic) bond motifs is 1. The van der Waals surface area contributed by atoms with Crippen molar-refractivity contribution in [2.45, 2.75) is 12.5 Å². The number of imidazole rings is 1. The summed E-state index contributed by atoms with van der Waals surface area (Å²) in [6.45, 7) is 0.584. The number of hydrogen-bond donors (Lipinski definition) is 3. The molecular formula is C23H23N9O3. The highest BCUT2D eigenvalue weighted by molar-refractivity contribution is 5.97. The summed E-state index contributed by atoms with van der Waals surface area (Å²) >= 11 is 0. The van der Waals surface area contributed by atoms with Crippen LogP contribution < -0.4 is 21.5 Å². The number of aromatic nitrogens is 5. The number of carbonyl (C=O) groups excluding carboxylic acids is 2. The van der Waals surface area contributed by atoms with Crippen LogP contribution in [0.4, 0.5) is 17.2 Å². The first-order valence-corrected chi connectivity index (χ1v) is 11.0. The van der Waals surface area contributed by atoms with Gasteiger partial charge in [-0.15, -0.1) is 5.10 Å². The zero-order chi connectivity index (χ0) is 24.5. The molecule has 1 atom stereocenters. The lowest BCUT2D eigenvalue weighted by Crippen LogP contribution is -2.41. The summed E-state index contributed by atoms with van der Waals surface area (Å²) < 4.78 is 2.80. The number of nitrogens with zero attached hydrogens (tertiary/aromatic N) is 6. The summed E-state index contributed by atoms with van der Waals surface area (Å²) in [6, 6.07) is 9.77. The van der Waals surface area contributed by atoms with Crippen molar-refractivity contribution in [1.29, 1.82) is 0 Å². The van der Waals surface area contributed by atoms with Crippen molar-refractivity contribution in [2.24, 2.45) is 0 Å². The lowest BCUT2D eigenvalue weighted by Gasteiger charge is -2.13. The van der Waals surface area contributed by atoms with Crippen LogP contribution >= 0.6 is 0 Å². The van der Waals surface area contributed by atoms with Gasteiger partial charge in [-0.2, -0.15) is 0 Å². The molecule has 2 amide bonds. The van der Waals surface area contributed by atoms with Crippen LogP contribution in [0.1, 0.15) is 16.9 Å². The maximum atomic E-state index is 13.1. The van der Waals surface area contributed by atoms with E-state index in [1.165, 1.54) is 15.3 Å². The van der Waals surface area contributed by atoms with E-state index in [0.29, 0.717) is 35.9 Å². The number of anilines is 3. The van der Waals surface area contributed by atoms with Crippen molar-refractivity contribution in [2.75, 3.05) is 31.3 Å². The van der Waals surface area contributed by atoms with Gasteiger partial charge in [0.1, 0.15) is 17.5 Å². The second-order valence-electron chi connectivity index (χ2n) is 8.06. The maximum Gasteiger partial charge on any atom is 0.279 e. The smallest absolute Gasteiger partial charge is 0.279 e. The summed E-state index contributed by atoms with van der Waals surface area (Å²) in [5, 5.41) is 13.3. The van der Waals surface area contributed by atoms with Crippen LogP contribution in [-0.2, 0) is 4.79 Å². The third-order valence-corrected chi connectivity index (χ3v) is 5.81. The number of pyridine rings is 2. The molecule has 3 N–H and O–H groups in total. The SMILES string of the molecule is CNc1cc(Nc2cccn(-c3ccccn3)c2=O)nn2c(C(=O)N[C@H]3CCN(C)C3=O)cnc12. The third-order valence-electron chi connectivity index (χ3n) is 5.81. The van der Waals surface area contributed by atoms with Gasteiger partial charge in [0, 0.05) is 39.1 Å². The average Bonchev–Trinajstić information content (AvgIpc) is 3.44. The van der Waals surface area contributed by atoms with Gasteiger partial charge in [0.2, 0.25) is 5.91 Å². The van der Waals surface area contributed by atoms with Crippen LogP contribution in [0.25, 0.3) is 11.5 Å². The highest BCUT2D eigenvalue weighted by atomic mass is 16.2. The molecule has 12 heteroatoms. The predicted molar refractivity (Wildman–Crippen MR) is 129 cm³/mol. The van der Waals surface area contributed by atoms with Crippen LogP contribution in [0.5, 0.6) is 0 Å². The van der Waals surface area contributed by atoms with Crippen LogP contribution in [0.15, 0.2) is 59.8 Å². The Hall–Kier alpha value is -4.74. The Kier molecular flexibility index (Phi) is 5.61. The minimum atomic E-state index is -0.586. The zero-order valence-electron chi connectivity index (χ0n) is 19.1. The van der Waals surface area contributed by atoms with E-state index in [1.807, 2.05) is 0 Å². The first-order valence-electron chi connectivity index (χ1n) is 11.0. The van der Waals surface area contributed by atoms with Crippen LogP contribution in [0.2, 0.25) is 0 Å². The Morgan fingerprint density at radius 1 is 1.11 bits per heavy atom. The molecule has 4 aromatic heterocycles. The van der Waals surface area contributed by atoms with E-state index in [1.54, 1.807) is 67.8 Å². The first-order chi connectivity index (χ1) is 17.0. The summed E-state index contributed by atoms with van der Waals surface area (Å²) in [5.41, 5.74) is 1.15. The van der Waals surface area contributed by atoms with Gasteiger partial charge in [-0.1, -0.05) is 6.07 Å². The summed E-state index contributed by atoms with van der Waals surface area (Å²) in [4.78, 5) is 48.4. The van der Waals surface area contributed by atoms with Crippen molar-refractivity contribution in [3.8, 4) is 5.82 Å². The van der Waals surface area contributed by atoms with Gasteiger partial charge in [0.05, 0.1) is 11.9 Å². The van der Waals surface area contributed by atoms with Crippen molar-refractivity contribution < 1.29 is 9.59 Å². The molecule has 35 heavy (non-hydrogen) atoms. The molecule has 1 fully saturated rings. The van der Waals surface area contributed by atoms with Gasteiger partial charge in [-0.25, -0.2) is 14.5 Å². The van der Waals surface area contributed by atoms with E-state index in [4.69, 9.17) is 0 Å². The van der Waals surface area contributed by atoms with E-state index in [2.05, 4.69) is 31.0 Å². The number of likely N-dealkylation sites (tertiary alicyclic amines) is 1. The van der Waals surface area contributed by atoms with Crippen LogP contribution in [0, 0.1) is 0 Å². The van der Waals surface area contributed by atoms with Crippen LogP contribution in [-0.4, -0.2) is 67.5 Å². The summed E-state index contributed by atoms with van der Waals surface area (Å²) in [5.74, 6) is 0.212. The quantitative estimate of drug-likeness (QED) is 0.377. The fourth-order valence-corrected chi connectivity index (χ4v) is 3.96. The third kappa shape index (κ3) is 4.05. The molecule has 5 heterocycles. The molecule has 1 aliphatic rings. The van der Waals surface area contributed by atoms with Crippen molar-refractivity contribution in [1.82, 2.24) is 34.4 Å². The molecular weight excluding hydrogens is 450 g/mol. The van der Waals surface area contributed by atoms with Crippen molar-refractivity contribution in [3.05, 3.63) is 71.0 Å². The monoisotopic (exact) mass is 473 g/mol. The van der Waals surface area contributed by atoms with Gasteiger partial charge in [0.15, 0.2) is 17.2 Å².